The molecular weight excluding hydrogens is 260 g/mol. The van der Waals surface area contributed by atoms with Crippen molar-refractivity contribution in [1.29, 1.82) is 0 Å². The highest BCUT2D eigenvalue weighted by molar-refractivity contribution is 5.68. The standard InChI is InChI=1S/C19H34O2/c1-3-4-5-6-7-8-9-10-11-12-13-14-15-16-17-18-19(20)21-2/h3,10-11H,1,4-9,12-18H2,2H3. The molecule has 0 bridgehead atoms. The highest BCUT2D eigenvalue weighted by Crippen LogP contribution is 2.09. The Bertz CT molecular complexity index is 269. The van der Waals surface area contributed by atoms with Gasteiger partial charge in [0.1, 0.15) is 0 Å². The van der Waals surface area contributed by atoms with Crippen molar-refractivity contribution in [3.05, 3.63) is 24.8 Å². The largest absolute Gasteiger partial charge is 0.469 e. The summed E-state index contributed by atoms with van der Waals surface area (Å²) in [6, 6.07) is 0. The third kappa shape index (κ3) is 16.9. The predicted molar refractivity (Wildman–Crippen MR) is 91.4 cm³/mol. The van der Waals surface area contributed by atoms with Crippen molar-refractivity contribution in [2.45, 2.75) is 83.5 Å². The lowest BCUT2D eigenvalue weighted by molar-refractivity contribution is -0.140. The Morgan fingerprint density at radius 1 is 0.810 bits per heavy atom. The molecule has 2 heteroatoms. The Kier molecular flexibility index (Phi) is 16.2. The lowest BCUT2D eigenvalue weighted by Crippen LogP contribution is -1.98. The van der Waals surface area contributed by atoms with Crippen LogP contribution in [0.25, 0.3) is 0 Å². The summed E-state index contributed by atoms with van der Waals surface area (Å²) in [6.45, 7) is 3.74. The van der Waals surface area contributed by atoms with Gasteiger partial charge >= 0.3 is 5.97 Å². The maximum Gasteiger partial charge on any atom is 0.305 e. The van der Waals surface area contributed by atoms with Gasteiger partial charge in [0, 0.05) is 6.42 Å². The van der Waals surface area contributed by atoms with Crippen LogP contribution in [0.4, 0.5) is 0 Å². The zero-order valence-corrected chi connectivity index (χ0v) is 13.9. The van der Waals surface area contributed by atoms with Gasteiger partial charge in [-0.1, -0.05) is 50.3 Å². The van der Waals surface area contributed by atoms with E-state index in [0.717, 1.165) is 19.3 Å². The fourth-order valence-electron chi connectivity index (χ4n) is 2.30. The van der Waals surface area contributed by atoms with Gasteiger partial charge in [0.15, 0.2) is 0 Å². The average molecular weight is 294 g/mol. The highest BCUT2D eigenvalue weighted by atomic mass is 16.5. The van der Waals surface area contributed by atoms with Crippen molar-refractivity contribution in [2.24, 2.45) is 0 Å². The zero-order chi connectivity index (χ0) is 15.6. The van der Waals surface area contributed by atoms with Gasteiger partial charge in [-0.3, -0.25) is 4.79 Å². The summed E-state index contributed by atoms with van der Waals surface area (Å²) in [5.74, 6) is -0.0811. The number of ether oxygens (including phenoxy) is 1. The van der Waals surface area contributed by atoms with E-state index in [9.17, 15) is 4.79 Å². The Hall–Kier alpha value is -1.05. The number of esters is 1. The van der Waals surface area contributed by atoms with Crippen LogP contribution in [-0.2, 0) is 9.53 Å². The minimum absolute atomic E-state index is 0.0811. The van der Waals surface area contributed by atoms with E-state index < -0.39 is 0 Å². The molecule has 0 amide bonds. The molecule has 0 fully saturated rings. The van der Waals surface area contributed by atoms with Gasteiger partial charge in [-0.2, -0.15) is 0 Å². The number of hydrogen-bond acceptors (Lipinski definition) is 2. The Labute approximate surface area is 131 Å². The molecule has 21 heavy (non-hydrogen) atoms. The molecule has 0 spiro atoms. The third-order valence-corrected chi connectivity index (χ3v) is 3.68. The number of carbonyl (C=O) groups excluding carboxylic acids is 1. The van der Waals surface area contributed by atoms with E-state index in [0.29, 0.717) is 6.42 Å². The van der Waals surface area contributed by atoms with Gasteiger partial charge in [-0.15, -0.1) is 6.58 Å². The van der Waals surface area contributed by atoms with Gasteiger partial charge in [0.05, 0.1) is 7.11 Å². The number of rotatable bonds is 15. The smallest absolute Gasteiger partial charge is 0.305 e. The number of allylic oxidation sites excluding steroid dienone is 3. The first kappa shape index (κ1) is 19.9. The van der Waals surface area contributed by atoms with E-state index >= 15 is 0 Å². The Balaban J connectivity index is 3.11. The molecule has 0 radical (unpaired) electrons. The van der Waals surface area contributed by atoms with E-state index in [-0.39, 0.29) is 5.97 Å². The molecule has 0 N–H and O–H groups in total. The quantitative estimate of drug-likeness (QED) is 0.211. The Morgan fingerprint density at radius 2 is 1.29 bits per heavy atom. The lowest BCUT2D eigenvalue weighted by atomic mass is 10.1. The van der Waals surface area contributed by atoms with E-state index in [4.69, 9.17) is 0 Å². The molecule has 0 heterocycles. The van der Waals surface area contributed by atoms with Gasteiger partial charge < -0.3 is 4.74 Å². The normalized spacial score (nSPS) is 10.9. The number of hydrogen-bond donors (Lipinski definition) is 0. The van der Waals surface area contributed by atoms with Crippen molar-refractivity contribution >= 4 is 5.97 Å². The van der Waals surface area contributed by atoms with Crippen molar-refractivity contribution in [3.8, 4) is 0 Å². The van der Waals surface area contributed by atoms with Gasteiger partial charge in [0.2, 0.25) is 0 Å². The summed E-state index contributed by atoms with van der Waals surface area (Å²) < 4.78 is 4.62. The van der Waals surface area contributed by atoms with Gasteiger partial charge in [-0.05, 0) is 44.9 Å². The van der Waals surface area contributed by atoms with Crippen LogP contribution < -0.4 is 0 Å². The van der Waals surface area contributed by atoms with Crippen molar-refractivity contribution < 1.29 is 9.53 Å². The number of methoxy groups -OCH3 is 1. The summed E-state index contributed by atoms with van der Waals surface area (Å²) in [7, 11) is 1.45. The molecule has 0 saturated heterocycles. The monoisotopic (exact) mass is 294 g/mol. The summed E-state index contributed by atoms with van der Waals surface area (Å²) in [4.78, 5) is 10.9. The second-order valence-electron chi connectivity index (χ2n) is 5.63. The van der Waals surface area contributed by atoms with Crippen molar-refractivity contribution in [2.75, 3.05) is 7.11 Å². The van der Waals surface area contributed by atoms with Crippen LogP contribution in [0, 0.1) is 0 Å². The van der Waals surface area contributed by atoms with Crippen molar-refractivity contribution in [3.63, 3.8) is 0 Å². The molecule has 0 aliphatic rings. The predicted octanol–water partition coefficient (Wildman–Crippen LogP) is 5.97. The second-order valence-corrected chi connectivity index (χ2v) is 5.63. The minimum Gasteiger partial charge on any atom is -0.469 e. The third-order valence-electron chi connectivity index (χ3n) is 3.68. The molecule has 0 unspecified atom stereocenters. The molecule has 0 atom stereocenters. The van der Waals surface area contributed by atoms with Crippen LogP contribution in [0.2, 0.25) is 0 Å². The average Bonchev–Trinajstić information content (AvgIpc) is 2.50. The summed E-state index contributed by atoms with van der Waals surface area (Å²) in [5.41, 5.74) is 0. The molecule has 0 saturated carbocycles. The Morgan fingerprint density at radius 3 is 1.81 bits per heavy atom. The summed E-state index contributed by atoms with van der Waals surface area (Å²) >= 11 is 0. The summed E-state index contributed by atoms with van der Waals surface area (Å²) in [5, 5.41) is 0. The molecule has 0 aromatic carbocycles. The topological polar surface area (TPSA) is 26.3 Å². The minimum atomic E-state index is -0.0811. The van der Waals surface area contributed by atoms with E-state index in [1.807, 2.05) is 6.08 Å². The fraction of sp³-hybridized carbons (Fsp3) is 0.737. The maximum absolute atomic E-state index is 10.9. The van der Waals surface area contributed by atoms with Gasteiger partial charge in [-0.25, -0.2) is 0 Å². The van der Waals surface area contributed by atoms with E-state index in [1.165, 1.54) is 64.9 Å². The van der Waals surface area contributed by atoms with Crippen LogP contribution in [0.15, 0.2) is 24.8 Å². The molecular formula is C19H34O2. The van der Waals surface area contributed by atoms with Crippen LogP contribution in [0.3, 0.4) is 0 Å². The highest BCUT2D eigenvalue weighted by Gasteiger charge is 1.98. The maximum atomic E-state index is 10.9. The molecule has 0 aromatic rings. The first-order chi connectivity index (χ1) is 10.3. The van der Waals surface area contributed by atoms with Crippen LogP contribution in [0.1, 0.15) is 83.5 Å². The van der Waals surface area contributed by atoms with Crippen molar-refractivity contribution in [1.82, 2.24) is 0 Å². The lowest BCUT2D eigenvalue weighted by Gasteiger charge is -2.00. The molecule has 2 nitrogen and oxygen atoms in total. The zero-order valence-electron chi connectivity index (χ0n) is 13.9. The number of unbranched alkanes of at least 4 members (excludes halogenated alkanes) is 10. The number of carbonyl (C=O) groups is 1. The first-order valence-corrected chi connectivity index (χ1v) is 8.64. The van der Waals surface area contributed by atoms with Crippen LogP contribution >= 0.6 is 0 Å². The van der Waals surface area contributed by atoms with E-state index in [1.54, 1.807) is 0 Å². The first-order valence-electron chi connectivity index (χ1n) is 8.64. The second kappa shape index (κ2) is 17.0. The molecule has 0 aromatic heterocycles. The fourth-order valence-corrected chi connectivity index (χ4v) is 2.30. The van der Waals surface area contributed by atoms with E-state index in [2.05, 4.69) is 23.5 Å². The van der Waals surface area contributed by atoms with Crippen LogP contribution in [-0.4, -0.2) is 13.1 Å². The SMILES string of the molecule is C=CCCCCCCC=CCCCCCCCC(=O)OC. The van der Waals surface area contributed by atoms with Gasteiger partial charge in [0.25, 0.3) is 0 Å². The summed E-state index contributed by atoms with van der Waals surface area (Å²) in [6.07, 6.45) is 22.0. The molecule has 122 valence electrons. The molecule has 0 aliphatic carbocycles. The molecule has 0 aliphatic heterocycles. The van der Waals surface area contributed by atoms with Crippen LogP contribution in [0.5, 0.6) is 0 Å². The molecule has 0 rings (SSSR count).